The normalized spacial score (nSPS) is 19.9. The summed E-state index contributed by atoms with van der Waals surface area (Å²) >= 11 is 16.2. The van der Waals surface area contributed by atoms with E-state index < -0.39 is 0 Å². The van der Waals surface area contributed by atoms with Crippen LogP contribution in [0, 0.1) is 11.7 Å². The highest BCUT2D eigenvalue weighted by molar-refractivity contribution is 9.10. The number of pyridine rings is 1. The molecule has 2 saturated heterocycles. The maximum Gasteiger partial charge on any atom is 0.174 e. The third kappa shape index (κ3) is 5.17. The van der Waals surface area contributed by atoms with Crippen LogP contribution in [0.1, 0.15) is 43.3 Å². The molecular weight excluding hydrogens is 599 g/mol. The van der Waals surface area contributed by atoms with E-state index in [1.165, 1.54) is 12.1 Å². The van der Waals surface area contributed by atoms with Gasteiger partial charge >= 0.3 is 0 Å². The molecule has 1 N–H and O–H groups in total. The van der Waals surface area contributed by atoms with Gasteiger partial charge in [-0.1, -0.05) is 24.6 Å². The lowest BCUT2D eigenvalue weighted by molar-refractivity contribution is 0.438. The number of rotatable bonds is 5. The fourth-order valence-corrected chi connectivity index (χ4v) is 6.61. The van der Waals surface area contributed by atoms with Gasteiger partial charge in [-0.05, 0) is 108 Å². The highest BCUT2D eigenvalue weighted by atomic mass is 79.9. The van der Waals surface area contributed by atoms with Crippen LogP contribution in [0.2, 0.25) is 5.02 Å². The number of nitrogens with one attached hydrogen (secondary N) is 1. The zero-order valence-corrected chi connectivity index (χ0v) is 24.4. The molecule has 39 heavy (non-hydrogen) atoms. The van der Waals surface area contributed by atoms with Crippen LogP contribution in [-0.4, -0.2) is 23.2 Å². The minimum Gasteiger partial charge on any atom is -0.459 e. The number of thiocarbonyl (C=S) groups is 1. The molecule has 0 radical (unpaired) electrons. The van der Waals surface area contributed by atoms with E-state index in [9.17, 15) is 4.39 Å². The molecule has 2 aliphatic rings. The Kier molecular flexibility index (Phi) is 7.35. The second-order valence-corrected chi connectivity index (χ2v) is 11.8. The summed E-state index contributed by atoms with van der Waals surface area (Å²) in [6.45, 7) is 4.31. The molecule has 0 saturated carbocycles. The largest absolute Gasteiger partial charge is 0.459 e. The van der Waals surface area contributed by atoms with Crippen molar-refractivity contribution in [1.29, 1.82) is 0 Å². The predicted molar refractivity (Wildman–Crippen MR) is 162 cm³/mol. The van der Waals surface area contributed by atoms with Crippen molar-refractivity contribution >= 4 is 56.2 Å². The van der Waals surface area contributed by atoms with Crippen LogP contribution >= 0.6 is 39.7 Å². The van der Waals surface area contributed by atoms with Crippen molar-refractivity contribution in [3.8, 4) is 11.3 Å². The average molecular weight is 626 g/mol. The first-order valence-corrected chi connectivity index (χ1v) is 14.6. The van der Waals surface area contributed by atoms with Crippen molar-refractivity contribution in [3.05, 3.63) is 99.7 Å². The number of aromatic nitrogens is 1. The summed E-state index contributed by atoms with van der Waals surface area (Å²) in [6, 6.07) is 19.8. The van der Waals surface area contributed by atoms with E-state index in [0.717, 1.165) is 54.5 Å². The topological polar surface area (TPSA) is 44.5 Å². The molecule has 200 valence electrons. The number of hydrogen-bond donors (Lipinski definition) is 1. The van der Waals surface area contributed by atoms with Gasteiger partial charge < -0.3 is 19.5 Å². The van der Waals surface area contributed by atoms with Gasteiger partial charge in [-0.15, -0.1) is 0 Å². The van der Waals surface area contributed by atoms with E-state index in [-0.39, 0.29) is 17.9 Å². The molecule has 2 atom stereocenters. The van der Waals surface area contributed by atoms with Crippen LogP contribution < -0.4 is 15.1 Å². The lowest BCUT2D eigenvalue weighted by Gasteiger charge is -2.33. The van der Waals surface area contributed by atoms with Crippen molar-refractivity contribution < 1.29 is 8.81 Å². The molecule has 0 unspecified atom stereocenters. The number of piperidine rings is 1. The number of anilines is 2. The van der Waals surface area contributed by atoms with Crippen molar-refractivity contribution in [2.45, 2.75) is 31.8 Å². The lowest BCUT2D eigenvalue weighted by atomic mass is 9.98. The molecule has 4 aromatic rings. The Morgan fingerprint density at radius 2 is 1.90 bits per heavy atom. The van der Waals surface area contributed by atoms with Gasteiger partial charge in [0.25, 0.3) is 0 Å². The number of hydrogen-bond acceptors (Lipinski definition) is 4. The molecule has 0 amide bonds. The first-order valence-electron chi connectivity index (χ1n) is 13.0. The zero-order valence-electron chi connectivity index (χ0n) is 21.3. The van der Waals surface area contributed by atoms with E-state index in [1.807, 2.05) is 41.3 Å². The minimum atomic E-state index is -0.321. The molecule has 9 heteroatoms. The molecule has 2 fully saturated rings. The third-order valence-corrected chi connectivity index (χ3v) is 8.82. The van der Waals surface area contributed by atoms with Crippen molar-refractivity contribution in [2.75, 3.05) is 22.9 Å². The fraction of sp³-hybridized carbons (Fsp3) is 0.267. The van der Waals surface area contributed by atoms with Gasteiger partial charge in [-0.3, -0.25) is 4.98 Å². The summed E-state index contributed by atoms with van der Waals surface area (Å²) in [5, 5.41) is 4.72. The smallest absolute Gasteiger partial charge is 0.174 e. The lowest BCUT2D eigenvalue weighted by Crippen LogP contribution is -2.33. The number of nitrogens with zero attached hydrogens (tertiary/aromatic N) is 3. The van der Waals surface area contributed by atoms with Gasteiger partial charge in [0.15, 0.2) is 5.11 Å². The van der Waals surface area contributed by atoms with Gasteiger partial charge in [0, 0.05) is 35.0 Å². The van der Waals surface area contributed by atoms with Gasteiger partial charge in [-0.2, -0.15) is 0 Å². The van der Waals surface area contributed by atoms with E-state index in [4.69, 9.17) is 28.2 Å². The molecule has 2 aromatic carbocycles. The quantitative estimate of drug-likeness (QED) is 0.225. The second-order valence-electron chi connectivity index (χ2n) is 10.1. The first-order chi connectivity index (χ1) is 18.9. The van der Waals surface area contributed by atoms with Crippen LogP contribution in [0.4, 0.5) is 15.8 Å². The first kappa shape index (κ1) is 26.3. The van der Waals surface area contributed by atoms with Crippen molar-refractivity contribution in [3.63, 3.8) is 0 Å². The summed E-state index contributed by atoms with van der Waals surface area (Å²) in [5.41, 5.74) is 3.53. The summed E-state index contributed by atoms with van der Waals surface area (Å²) in [4.78, 5) is 9.02. The maximum atomic E-state index is 13.7. The van der Waals surface area contributed by atoms with E-state index in [0.29, 0.717) is 26.1 Å². The molecular formula is C30H27BrClFN4OS. The predicted octanol–water partition coefficient (Wildman–Crippen LogP) is 8.31. The fourth-order valence-electron chi connectivity index (χ4n) is 5.42. The molecule has 2 aromatic heterocycles. The van der Waals surface area contributed by atoms with Crippen LogP contribution in [0.15, 0.2) is 81.8 Å². The molecule has 2 aliphatic heterocycles. The number of benzene rings is 2. The Labute approximate surface area is 246 Å². The summed E-state index contributed by atoms with van der Waals surface area (Å²) < 4.78 is 20.8. The summed E-state index contributed by atoms with van der Waals surface area (Å²) in [7, 11) is 0. The Balaban J connectivity index is 1.38. The monoisotopic (exact) mass is 624 g/mol. The molecule has 4 heterocycles. The van der Waals surface area contributed by atoms with Gasteiger partial charge in [0.05, 0.1) is 22.4 Å². The summed E-state index contributed by atoms with van der Waals surface area (Å²) in [5.74, 6) is 1.76. The van der Waals surface area contributed by atoms with Crippen LogP contribution in [0.25, 0.3) is 11.3 Å². The van der Waals surface area contributed by atoms with Gasteiger partial charge in [0.1, 0.15) is 23.4 Å². The molecule has 6 rings (SSSR count). The maximum absolute atomic E-state index is 13.7. The highest BCUT2D eigenvalue weighted by Crippen LogP contribution is 2.45. The van der Waals surface area contributed by atoms with Crippen LogP contribution in [-0.2, 0) is 0 Å². The Hall–Kier alpha value is -2.94. The number of halogens is 3. The zero-order chi connectivity index (χ0) is 27.1. The number of furan rings is 1. The van der Waals surface area contributed by atoms with Crippen LogP contribution in [0.3, 0.4) is 0 Å². The minimum absolute atomic E-state index is 0.253. The Morgan fingerprint density at radius 3 is 2.62 bits per heavy atom. The SMILES string of the molecule is CC1CCN(c2ccc(N3C(=S)N[C@@H](c4ccccn4)[C@H]3c3ccc(-c4ccc(F)cc4Br)o3)cc2Cl)CC1. The van der Waals surface area contributed by atoms with E-state index in [2.05, 4.69) is 50.2 Å². The standard InChI is InChI=1S/C30H27BrClFN4OS/c1-18-11-14-36(15-12-18)25-8-6-20(17-23(25)32)37-29(28(35-30(37)39)24-4-2-3-13-34-24)27-10-9-26(38-27)21-7-5-19(33)16-22(21)31/h2-10,13,16-18,28-29H,11-12,14-15H2,1H3,(H,35,39)/t28-,29+/m0/s1. The van der Waals surface area contributed by atoms with Crippen LogP contribution in [0.5, 0.6) is 0 Å². The van der Waals surface area contributed by atoms with Crippen molar-refractivity contribution in [1.82, 2.24) is 10.3 Å². The van der Waals surface area contributed by atoms with Gasteiger partial charge in [-0.25, -0.2) is 4.39 Å². The highest BCUT2D eigenvalue weighted by Gasteiger charge is 2.43. The molecule has 0 bridgehead atoms. The second kappa shape index (κ2) is 10.9. The van der Waals surface area contributed by atoms with Crippen molar-refractivity contribution in [2.24, 2.45) is 5.92 Å². The molecule has 0 aliphatic carbocycles. The third-order valence-electron chi connectivity index (χ3n) is 7.55. The molecule has 0 spiro atoms. The van der Waals surface area contributed by atoms with E-state index >= 15 is 0 Å². The Bertz CT molecular complexity index is 1510. The molecule has 5 nitrogen and oxygen atoms in total. The Morgan fingerprint density at radius 1 is 1.08 bits per heavy atom. The van der Waals surface area contributed by atoms with Gasteiger partial charge in [0.2, 0.25) is 0 Å². The van der Waals surface area contributed by atoms with E-state index in [1.54, 1.807) is 12.3 Å². The average Bonchev–Trinajstić information content (AvgIpc) is 3.54. The summed E-state index contributed by atoms with van der Waals surface area (Å²) in [6.07, 6.45) is 4.10.